The van der Waals surface area contributed by atoms with E-state index < -0.39 is 6.10 Å². The quantitative estimate of drug-likeness (QED) is 0.348. The molecule has 0 fully saturated rings. The summed E-state index contributed by atoms with van der Waals surface area (Å²) in [5, 5.41) is 18.0. The Morgan fingerprint density at radius 3 is 2.17 bits per heavy atom. The van der Waals surface area contributed by atoms with E-state index in [0.717, 1.165) is 32.3 Å². The fourth-order valence-corrected chi connectivity index (χ4v) is 5.19. The van der Waals surface area contributed by atoms with Gasteiger partial charge in [-0.1, -0.05) is 95.6 Å². The van der Waals surface area contributed by atoms with E-state index in [2.05, 4.69) is 12.1 Å². The molecule has 3 aromatic carbocycles. The minimum Gasteiger partial charge on any atom is -0.383 e. The van der Waals surface area contributed by atoms with Gasteiger partial charge < -0.3 is 5.11 Å². The van der Waals surface area contributed by atoms with Crippen molar-refractivity contribution >= 4 is 35.0 Å². The second-order valence-corrected chi connectivity index (χ2v) is 8.90. The maximum atomic E-state index is 11.2. The Morgan fingerprint density at radius 2 is 1.53 bits per heavy atom. The predicted octanol–water partition coefficient (Wildman–Crippen LogP) is 6.78. The van der Waals surface area contributed by atoms with Crippen molar-refractivity contribution in [3.8, 4) is 0 Å². The standard InChI is InChI=1S/C24H20Cl2N2OS/c1-16-22(23(29)18-10-6-3-7-11-18)24(30-21-13-19(25)12-20(26)14-21)28(27-16)15-17-8-4-2-5-9-17/h2-14,23,29H,15H2,1H3. The van der Waals surface area contributed by atoms with E-state index in [0.29, 0.717) is 16.6 Å². The lowest BCUT2D eigenvalue weighted by molar-refractivity contribution is 0.216. The molecule has 30 heavy (non-hydrogen) atoms. The molecule has 0 saturated carbocycles. The van der Waals surface area contributed by atoms with E-state index in [1.807, 2.05) is 72.3 Å². The number of aryl methyl sites for hydroxylation is 1. The number of benzene rings is 3. The Hall–Kier alpha value is -2.24. The number of nitrogens with zero attached hydrogens (tertiary/aromatic N) is 2. The molecule has 1 N–H and O–H groups in total. The second-order valence-electron chi connectivity index (χ2n) is 6.97. The molecule has 0 aliphatic rings. The minimum absolute atomic E-state index is 0.570. The van der Waals surface area contributed by atoms with Crippen molar-refractivity contribution in [3.05, 3.63) is 111 Å². The summed E-state index contributed by atoms with van der Waals surface area (Å²) in [4.78, 5) is 0.892. The second kappa shape index (κ2) is 9.27. The molecular formula is C24H20Cl2N2OS. The molecule has 1 atom stereocenters. The number of rotatable bonds is 6. The van der Waals surface area contributed by atoms with E-state index in [4.69, 9.17) is 28.3 Å². The summed E-state index contributed by atoms with van der Waals surface area (Å²) in [6, 6.07) is 25.2. The summed E-state index contributed by atoms with van der Waals surface area (Å²) in [6.45, 7) is 2.53. The zero-order valence-electron chi connectivity index (χ0n) is 16.3. The Kier molecular flexibility index (Phi) is 6.49. The van der Waals surface area contributed by atoms with Crippen LogP contribution in [0.15, 0.2) is 88.8 Å². The molecule has 0 saturated heterocycles. The van der Waals surface area contributed by atoms with E-state index in [1.54, 1.807) is 6.07 Å². The molecule has 1 unspecified atom stereocenters. The highest BCUT2D eigenvalue weighted by Gasteiger charge is 2.24. The molecule has 0 amide bonds. The van der Waals surface area contributed by atoms with E-state index in [1.165, 1.54) is 11.8 Å². The Balaban J connectivity index is 1.80. The van der Waals surface area contributed by atoms with Crippen LogP contribution in [0.4, 0.5) is 0 Å². The number of hydrogen-bond acceptors (Lipinski definition) is 3. The number of hydrogen-bond donors (Lipinski definition) is 1. The van der Waals surface area contributed by atoms with Crippen LogP contribution in [-0.2, 0) is 6.54 Å². The zero-order chi connectivity index (χ0) is 21.1. The van der Waals surface area contributed by atoms with Crippen LogP contribution >= 0.6 is 35.0 Å². The van der Waals surface area contributed by atoms with Crippen molar-refractivity contribution in [2.75, 3.05) is 0 Å². The average Bonchev–Trinajstić information content (AvgIpc) is 3.02. The maximum Gasteiger partial charge on any atom is 0.108 e. The molecule has 152 valence electrons. The van der Waals surface area contributed by atoms with Crippen LogP contribution in [0.5, 0.6) is 0 Å². The van der Waals surface area contributed by atoms with Crippen LogP contribution in [0.3, 0.4) is 0 Å². The van der Waals surface area contributed by atoms with E-state index in [9.17, 15) is 5.11 Å². The molecule has 1 aromatic heterocycles. The van der Waals surface area contributed by atoms with Gasteiger partial charge in [-0.2, -0.15) is 5.10 Å². The smallest absolute Gasteiger partial charge is 0.108 e. The van der Waals surface area contributed by atoms with Crippen molar-refractivity contribution in [2.45, 2.75) is 29.5 Å². The average molecular weight is 455 g/mol. The lowest BCUT2D eigenvalue weighted by Crippen LogP contribution is -2.05. The lowest BCUT2D eigenvalue weighted by Gasteiger charge is -2.15. The van der Waals surface area contributed by atoms with Gasteiger partial charge in [0.2, 0.25) is 0 Å². The third-order valence-electron chi connectivity index (χ3n) is 4.74. The van der Waals surface area contributed by atoms with Crippen molar-refractivity contribution < 1.29 is 5.11 Å². The first kappa shape index (κ1) is 21.0. The molecule has 1 heterocycles. The SMILES string of the molecule is Cc1nn(Cc2ccccc2)c(Sc2cc(Cl)cc(Cl)c2)c1C(O)c1ccccc1. The predicted molar refractivity (Wildman–Crippen MR) is 124 cm³/mol. The third kappa shape index (κ3) is 4.73. The molecule has 0 radical (unpaired) electrons. The van der Waals surface area contributed by atoms with E-state index >= 15 is 0 Å². The van der Waals surface area contributed by atoms with Gasteiger partial charge in [-0.15, -0.1) is 0 Å². The van der Waals surface area contributed by atoms with E-state index in [-0.39, 0.29) is 0 Å². The highest BCUT2D eigenvalue weighted by atomic mass is 35.5. The Bertz CT molecular complexity index is 1130. The van der Waals surface area contributed by atoms with Crippen molar-refractivity contribution in [1.82, 2.24) is 9.78 Å². The van der Waals surface area contributed by atoms with Gasteiger partial charge in [0.15, 0.2) is 0 Å². The summed E-state index contributed by atoms with van der Waals surface area (Å²) in [5.74, 6) is 0. The Labute approximate surface area is 190 Å². The summed E-state index contributed by atoms with van der Waals surface area (Å²) in [7, 11) is 0. The van der Waals surface area contributed by atoms with Gasteiger partial charge in [0.25, 0.3) is 0 Å². The zero-order valence-corrected chi connectivity index (χ0v) is 18.6. The van der Waals surface area contributed by atoms with Gasteiger partial charge in [-0.3, -0.25) is 4.68 Å². The van der Waals surface area contributed by atoms with Crippen LogP contribution in [0.2, 0.25) is 10.0 Å². The van der Waals surface area contributed by atoms with Crippen LogP contribution < -0.4 is 0 Å². The third-order valence-corrected chi connectivity index (χ3v) is 6.27. The largest absolute Gasteiger partial charge is 0.383 e. The fraction of sp³-hybridized carbons (Fsp3) is 0.125. The molecule has 0 aliphatic carbocycles. The molecule has 4 aromatic rings. The van der Waals surface area contributed by atoms with Gasteiger partial charge in [-0.25, -0.2) is 0 Å². The summed E-state index contributed by atoms with van der Waals surface area (Å²) < 4.78 is 1.94. The van der Waals surface area contributed by atoms with Crippen LogP contribution in [0.25, 0.3) is 0 Å². The highest BCUT2D eigenvalue weighted by molar-refractivity contribution is 7.99. The normalized spacial score (nSPS) is 12.1. The molecule has 4 rings (SSSR count). The van der Waals surface area contributed by atoms with Crippen molar-refractivity contribution in [1.29, 1.82) is 0 Å². The first-order valence-electron chi connectivity index (χ1n) is 9.49. The summed E-state index contributed by atoms with van der Waals surface area (Å²) in [6.07, 6.45) is -0.784. The number of aliphatic hydroxyl groups is 1. The summed E-state index contributed by atoms with van der Waals surface area (Å²) >= 11 is 13.9. The molecule has 0 aliphatic heterocycles. The van der Waals surface area contributed by atoms with Crippen LogP contribution in [-0.4, -0.2) is 14.9 Å². The molecule has 0 spiro atoms. The molecule has 6 heteroatoms. The van der Waals surface area contributed by atoms with Crippen molar-refractivity contribution in [2.24, 2.45) is 0 Å². The van der Waals surface area contributed by atoms with Crippen molar-refractivity contribution in [3.63, 3.8) is 0 Å². The van der Waals surface area contributed by atoms with Gasteiger partial charge in [0.05, 0.1) is 12.2 Å². The van der Waals surface area contributed by atoms with Gasteiger partial charge in [0, 0.05) is 20.5 Å². The lowest BCUT2D eigenvalue weighted by atomic mass is 10.0. The van der Waals surface area contributed by atoms with Gasteiger partial charge in [-0.05, 0) is 36.2 Å². The van der Waals surface area contributed by atoms with Crippen LogP contribution in [0.1, 0.15) is 28.5 Å². The minimum atomic E-state index is -0.784. The molecule has 0 bridgehead atoms. The fourth-order valence-electron chi connectivity index (χ4n) is 3.36. The highest BCUT2D eigenvalue weighted by Crippen LogP contribution is 2.39. The first-order valence-corrected chi connectivity index (χ1v) is 11.1. The molecule has 3 nitrogen and oxygen atoms in total. The number of halogens is 2. The van der Waals surface area contributed by atoms with Crippen LogP contribution in [0, 0.1) is 6.92 Å². The number of aliphatic hydroxyl groups excluding tert-OH is 1. The topological polar surface area (TPSA) is 38.0 Å². The summed E-state index contributed by atoms with van der Waals surface area (Å²) in [5.41, 5.74) is 3.54. The Morgan fingerprint density at radius 1 is 0.933 bits per heavy atom. The van der Waals surface area contributed by atoms with Gasteiger partial charge in [0.1, 0.15) is 11.1 Å². The maximum absolute atomic E-state index is 11.2. The number of aromatic nitrogens is 2. The first-order chi connectivity index (χ1) is 14.5. The molecular weight excluding hydrogens is 435 g/mol. The monoisotopic (exact) mass is 454 g/mol. The van der Waals surface area contributed by atoms with Gasteiger partial charge >= 0.3 is 0 Å².